The fourth-order valence-electron chi connectivity index (χ4n) is 2.50. The van der Waals surface area contributed by atoms with Crippen molar-refractivity contribution in [3.8, 4) is 5.75 Å². The van der Waals surface area contributed by atoms with Gasteiger partial charge in [-0.2, -0.15) is 0 Å². The lowest BCUT2D eigenvalue weighted by atomic mass is 10.1. The van der Waals surface area contributed by atoms with Gasteiger partial charge in [0.25, 0.3) is 0 Å². The van der Waals surface area contributed by atoms with Gasteiger partial charge in [0.1, 0.15) is 12.4 Å². The summed E-state index contributed by atoms with van der Waals surface area (Å²) in [6, 6.07) is 5.05. The third kappa shape index (κ3) is 5.82. The van der Waals surface area contributed by atoms with Crippen LogP contribution < -0.4 is 20.7 Å². The van der Waals surface area contributed by atoms with Crippen LogP contribution in [-0.4, -0.2) is 56.9 Å². The first-order valence-corrected chi connectivity index (χ1v) is 8.46. The number of anilines is 1. The number of ether oxygens (including phenoxy) is 2. The van der Waals surface area contributed by atoms with Gasteiger partial charge in [0.2, 0.25) is 0 Å². The number of nitrogens with zero attached hydrogens (tertiary/aromatic N) is 1. The number of carbonyl (C=O) groups excluding carboxylic acids is 2. The van der Waals surface area contributed by atoms with E-state index in [4.69, 9.17) is 9.47 Å². The van der Waals surface area contributed by atoms with E-state index >= 15 is 0 Å². The summed E-state index contributed by atoms with van der Waals surface area (Å²) >= 11 is 0. The van der Waals surface area contributed by atoms with Crippen molar-refractivity contribution in [2.45, 2.75) is 19.9 Å². The molecule has 8 heteroatoms. The van der Waals surface area contributed by atoms with Gasteiger partial charge in [-0.05, 0) is 31.5 Å². The molecule has 1 aliphatic rings. The van der Waals surface area contributed by atoms with Gasteiger partial charge < -0.3 is 30.3 Å². The highest BCUT2D eigenvalue weighted by Crippen LogP contribution is 2.26. The molecule has 0 spiro atoms. The smallest absolute Gasteiger partial charge is 0.319 e. The largest absolute Gasteiger partial charge is 0.491 e. The minimum Gasteiger partial charge on any atom is -0.491 e. The van der Waals surface area contributed by atoms with Crippen molar-refractivity contribution < 1.29 is 19.1 Å². The van der Waals surface area contributed by atoms with Crippen molar-refractivity contribution in [3.05, 3.63) is 23.8 Å². The van der Waals surface area contributed by atoms with Gasteiger partial charge in [-0.15, -0.1) is 0 Å². The molecule has 0 saturated carbocycles. The Bertz CT molecular complexity index is 594. The second-order valence-corrected chi connectivity index (χ2v) is 5.66. The van der Waals surface area contributed by atoms with Gasteiger partial charge in [0.05, 0.1) is 13.1 Å². The van der Waals surface area contributed by atoms with Gasteiger partial charge in [-0.1, -0.05) is 0 Å². The van der Waals surface area contributed by atoms with E-state index in [1.165, 1.54) is 0 Å². The summed E-state index contributed by atoms with van der Waals surface area (Å²) in [5.74, 6) is 0.733. The van der Waals surface area contributed by atoms with Crippen LogP contribution in [0.25, 0.3) is 0 Å². The lowest BCUT2D eigenvalue weighted by Crippen LogP contribution is -2.41. The Balaban J connectivity index is 1.99. The van der Waals surface area contributed by atoms with Crippen molar-refractivity contribution in [2.75, 3.05) is 45.3 Å². The maximum atomic E-state index is 12.3. The van der Waals surface area contributed by atoms with E-state index in [9.17, 15) is 9.59 Å². The molecular formula is C17H26N4O4. The Morgan fingerprint density at radius 1 is 1.32 bits per heavy atom. The highest BCUT2D eigenvalue weighted by molar-refractivity contribution is 5.89. The molecule has 1 aromatic carbocycles. The van der Waals surface area contributed by atoms with Gasteiger partial charge in [0, 0.05) is 38.1 Å². The number of amides is 4. The second-order valence-electron chi connectivity index (χ2n) is 5.66. The molecule has 0 radical (unpaired) electrons. The van der Waals surface area contributed by atoms with Crippen LogP contribution in [0.4, 0.5) is 15.3 Å². The third-order valence-corrected chi connectivity index (χ3v) is 3.72. The van der Waals surface area contributed by atoms with Gasteiger partial charge >= 0.3 is 12.1 Å². The average Bonchev–Trinajstić information content (AvgIpc) is 2.80. The first-order chi connectivity index (χ1) is 12.1. The molecule has 0 fully saturated rings. The minimum absolute atomic E-state index is 0.130. The van der Waals surface area contributed by atoms with Crippen molar-refractivity contribution in [2.24, 2.45) is 0 Å². The highest BCUT2D eigenvalue weighted by Gasteiger charge is 2.20. The maximum absolute atomic E-state index is 12.3. The van der Waals surface area contributed by atoms with Gasteiger partial charge in [-0.25, -0.2) is 9.59 Å². The topological polar surface area (TPSA) is 91.9 Å². The summed E-state index contributed by atoms with van der Waals surface area (Å²) < 4.78 is 10.7. The zero-order chi connectivity index (χ0) is 18.1. The number of hydrogen-bond donors (Lipinski definition) is 3. The van der Waals surface area contributed by atoms with Crippen LogP contribution in [0.2, 0.25) is 0 Å². The van der Waals surface area contributed by atoms with E-state index in [1.54, 1.807) is 18.1 Å². The lowest BCUT2D eigenvalue weighted by molar-refractivity contribution is 0.179. The van der Waals surface area contributed by atoms with Crippen LogP contribution >= 0.6 is 0 Å². The molecule has 0 aliphatic carbocycles. The fraction of sp³-hybridized carbons (Fsp3) is 0.529. The van der Waals surface area contributed by atoms with Crippen LogP contribution in [0.1, 0.15) is 18.9 Å². The first kappa shape index (κ1) is 18.9. The van der Waals surface area contributed by atoms with Crippen molar-refractivity contribution in [1.29, 1.82) is 0 Å². The molecule has 1 aromatic rings. The highest BCUT2D eigenvalue weighted by atomic mass is 16.5. The molecule has 8 nitrogen and oxygen atoms in total. The van der Waals surface area contributed by atoms with Crippen molar-refractivity contribution >= 4 is 17.7 Å². The standard InChI is InChI=1S/C17H26N4O4/c1-3-18-16(22)20-14-5-6-15-13(11-14)12-21(8-10-25-15)17(23)19-7-4-9-24-2/h5-6,11H,3-4,7-10,12H2,1-2H3,(H,19,23)(H2,18,20,22). The van der Waals surface area contributed by atoms with Crippen LogP contribution in [0.5, 0.6) is 5.75 Å². The quantitative estimate of drug-likeness (QED) is 0.682. The molecule has 2 rings (SSSR count). The van der Waals surface area contributed by atoms with Crippen LogP contribution in [0, 0.1) is 0 Å². The Morgan fingerprint density at radius 2 is 2.16 bits per heavy atom. The van der Waals surface area contributed by atoms with E-state index in [-0.39, 0.29) is 12.1 Å². The van der Waals surface area contributed by atoms with Crippen LogP contribution in [0.15, 0.2) is 18.2 Å². The number of rotatable bonds is 6. The number of benzene rings is 1. The number of nitrogens with one attached hydrogen (secondary N) is 3. The van der Waals surface area contributed by atoms with Crippen molar-refractivity contribution in [1.82, 2.24) is 15.5 Å². The zero-order valence-electron chi connectivity index (χ0n) is 14.8. The monoisotopic (exact) mass is 350 g/mol. The molecule has 3 N–H and O–H groups in total. The normalized spacial score (nSPS) is 13.3. The lowest BCUT2D eigenvalue weighted by Gasteiger charge is -2.20. The molecule has 0 aromatic heterocycles. The molecule has 1 aliphatic heterocycles. The summed E-state index contributed by atoms with van der Waals surface area (Å²) in [4.78, 5) is 25.7. The maximum Gasteiger partial charge on any atom is 0.319 e. The van der Waals surface area contributed by atoms with Crippen LogP contribution in [0.3, 0.4) is 0 Å². The molecule has 138 valence electrons. The summed E-state index contributed by atoms with van der Waals surface area (Å²) in [6.07, 6.45) is 0.768. The number of fused-ring (bicyclic) bond motifs is 1. The molecule has 1 heterocycles. The molecular weight excluding hydrogens is 324 g/mol. The Labute approximate surface area is 147 Å². The molecule has 4 amide bonds. The third-order valence-electron chi connectivity index (χ3n) is 3.72. The predicted molar refractivity (Wildman–Crippen MR) is 94.9 cm³/mol. The predicted octanol–water partition coefficient (Wildman–Crippen LogP) is 1.77. The average molecular weight is 350 g/mol. The Hall–Kier alpha value is -2.48. The summed E-state index contributed by atoms with van der Waals surface area (Å²) in [7, 11) is 1.64. The molecule has 0 bridgehead atoms. The van der Waals surface area contributed by atoms with E-state index in [0.29, 0.717) is 45.1 Å². The summed E-state index contributed by atoms with van der Waals surface area (Å²) in [6.45, 7) is 4.95. The Morgan fingerprint density at radius 3 is 2.92 bits per heavy atom. The number of urea groups is 2. The van der Waals surface area contributed by atoms with E-state index in [1.807, 2.05) is 19.1 Å². The van der Waals surface area contributed by atoms with Crippen molar-refractivity contribution in [3.63, 3.8) is 0 Å². The zero-order valence-corrected chi connectivity index (χ0v) is 14.8. The minimum atomic E-state index is -0.260. The van der Waals surface area contributed by atoms with Gasteiger partial charge in [0.15, 0.2) is 0 Å². The molecule has 0 unspecified atom stereocenters. The van der Waals surface area contributed by atoms with E-state index in [2.05, 4.69) is 16.0 Å². The van der Waals surface area contributed by atoms with E-state index < -0.39 is 0 Å². The Kier molecular flexibility index (Phi) is 7.34. The van der Waals surface area contributed by atoms with Gasteiger partial charge in [-0.3, -0.25) is 0 Å². The SMILES string of the molecule is CCNC(=O)Nc1ccc2c(c1)CN(C(=O)NCCCOC)CCO2. The van der Waals surface area contributed by atoms with E-state index in [0.717, 1.165) is 17.7 Å². The summed E-state index contributed by atoms with van der Waals surface area (Å²) in [5.41, 5.74) is 1.52. The summed E-state index contributed by atoms with van der Waals surface area (Å²) in [5, 5.41) is 8.33. The number of methoxy groups -OCH3 is 1. The molecule has 0 atom stereocenters. The number of carbonyl (C=O) groups is 2. The molecule has 0 saturated heterocycles. The number of hydrogen-bond acceptors (Lipinski definition) is 4. The fourth-order valence-corrected chi connectivity index (χ4v) is 2.50. The molecule has 25 heavy (non-hydrogen) atoms. The first-order valence-electron chi connectivity index (χ1n) is 8.46. The van der Waals surface area contributed by atoms with Crippen LogP contribution in [-0.2, 0) is 11.3 Å². The second kappa shape index (κ2) is 9.73.